The van der Waals surface area contributed by atoms with Crippen molar-refractivity contribution in [3.05, 3.63) is 114 Å². The van der Waals surface area contributed by atoms with Crippen LogP contribution in [0, 0.1) is 0 Å². The molecule has 36 heavy (non-hydrogen) atoms. The minimum absolute atomic E-state index is 0.0923. The third-order valence-corrected chi connectivity index (χ3v) is 6.34. The fraction of sp³-hybridized carbons (Fsp3) is 0.167. The molecule has 0 bridgehead atoms. The van der Waals surface area contributed by atoms with E-state index in [-0.39, 0.29) is 25.0 Å². The van der Waals surface area contributed by atoms with E-state index in [9.17, 15) is 9.59 Å². The van der Waals surface area contributed by atoms with Gasteiger partial charge in [0.25, 0.3) is 5.91 Å². The highest BCUT2D eigenvalue weighted by Crippen LogP contribution is 2.33. The van der Waals surface area contributed by atoms with Crippen molar-refractivity contribution in [1.29, 1.82) is 0 Å². The van der Waals surface area contributed by atoms with Crippen molar-refractivity contribution in [3.63, 3.8) is 0 Å². The van der Waals surface area contributed by atoms with Gasteiger partial charge in [0.15, 0.2) is 6.61 Å². The number of hydrazone groups is 1. The molecule has 1 atom stereocenters. The van der Waals surface area contributed by atoms with Gasteiger partial charge in [-0.05, 0) is 39.6 Å². The minimum Gasteiger partial charge on any atom is -0.497 e. The molecule has 0 saturated carbocycles. The van der Waals surface area contributed by atoms with E-state index in [2.05, 4.69) is 5.10 Å². The Hall–Kier alpha value is -4.45. The number of rotatable bonds is 7. The number of nitrogens with zero attached hydrogens (tertiary/aromatic N) is 2. The van der Waals surface area contributed by atoms with Gasteiger partial charge >= 0.3 is 5.97 Å². The third-order valence-electron chi connectivity index (χ3n) is 6.34. The monoisotopic (exact) mass is 478 g/mol. The number of hydrogen-bond donors (Lipinski definition) is 0. The molecule has 5 rings (SSSR count). The number of amides is 1. The first-order chi connectivity index (χ1) is 17.6. The molecule has 1 amide bonds. The first-order valence-electron chi connectivity index (χ1n) is 11.8. The van der Waals surface area contributed by atoms with Crippen molar-refractivity contribution in [2.24, 2.45) is 5.10 Å². The largest absolute Gasteiger partial charge is 0.497 e. The second kappa shape index (κ2) is 10.4. The SMILES string of the molecule is COc1ccc(C2CC(c3ccccc3)=NN2C(=O)COC(=O)Cc2cccc3ccccc23)cc1. The van der Waals surface area contributed by atoms with Gasteiger partial charge in [0.2, 0.25) is 0 Å². The summed E-state index contributed by atoms with van der Waals surface area (Å²) < 4.78 is 10.7. The number of fused-ring (bicyclic) bond motifs is 1. The van der Waals surface area contributed by atoms with Crippen molar-refractivity contribution in [2.45, 2.75) is 18.9 Å². The molecule has 1 aliphatic rings. The lowest BCUT2D eigenvalue weighted by Crippen LogP contribution is -2.31. The van der Waals surface area contributed by atoms with E-state index in [4.69, 9.17) is 9.47 Å². The van der Waals surface area contributed by atoms with Crippen LogP contribution in [-0.4, -0.2) is 36.3 Å². The molecule has 0 spiro atoms. The molecule has 4 aromatic carbocycles. The zero-order valence-corrected chi connectivity index (χ0v) is 20.0. The number of carbonyl (C=O) groups excluding carboxylic acids is 2. The molecule has 180 valence electrons. The van der Waals surface area contributed by atoms with Crippen molar-refractivity contribution in [2.75, 3.05) is 13.7 Å². The van der Waals surface area contributed by atoms with Gasteiger partial charge in [-0.25, -0.2) is 5.01 Å². The van der Waals surface area contributed by atoms with E-state index >= 15 is 0 Å². The molecule has 6 heteroatoms. The molecule has 1 unspecified atom stereocenters. The fourth-order valence-electron chi connectivity index (χ4n) is 4.49. The van der Waals surface area contributed by atoms with E-state index < -0.39 is 5.97 Å². The second-order valence-electron chi connectivity index (χ2n) is 8.62. The van der Waals surface area contributed by atoms with Crippen LogP contribution in [0.1, 0.15) is 29.2 Å². The maximum Gasteiger partial charge on any atom is 0.310 e. The van der Waals surface area contributed by atoms with Gasteiger partial charge in [-0.3, -0.25) is 9.59 Å². The first kappa shape index (κ1) is 23.3. The predicted molar refractivity (Wildman–Crippen MR) is 139 cm³/mol. The summed E-state index contributed by atoms with van der Waals surface area (Å²) in [5, 5.41) is 8.14. The number of esters is 1. The third kappa shape index (κ3) is 4.98. The molecule has 1 aliphatic heterocycles. The molecular formula is C30H26N2O4. The molecule has 0 radical (unpaired) electrons. The molecule has 0 aromatic heterocycles. The van der Waals surface area contributed by atoms with Crippen molar-refractivity contribution in [3.8, 4) is 5.75 Å². The summed E-state index contributed by atoms with van der Waals surface area (Å²) in [5.41, 5.74) is 3.57. The first-order valence-corrected chi connectivity index (χ1v) is 11.8. The standard InChI is InChI=1S/C30H26N2O4/c1-35-25-16-14-23(15-17-25)28-19-27(22-9-3-2-4-10-22)31-32(28)29(33)20-36-30(34)18-24-12-7-11-21-8-5-6-13-26(21)24/h2-17,28H,18-20H2,1H3. The molecular weight excluding hydrogens is 452 g/mol. The van der Waals surface area contributed by atoms with E-state index in [0.717, 1.165) is 38.9 Å². The number of ether oxygens (including phenoxy) is 2. The Morgan fingerprint density at radius 1 is 0.889 bits per heavy atom. The van der Waals surface area contributed by atoms with Crippen LogP contribution in [0.25, 0.3) is 10.8 Å². The zero-order valence-electron chi connectivity index (χ0n) is 20.0. The second-order valence-corrected chi connectivity index (χ2v) is 8.62. The van der Waals surface area contributed by atoms with Crippen LogP contribution in [0.5, 0.6) is 5.75 Å². The number of hydrogen-bond acceptors (Lipinski definition) is 5. The summed E-state index contributed by atoms with van der Waals surface area (Å²) in [7, 11) is 1.61. The van der Waals surface area contributed by atoms with Gasteiger partial charge in [-0.1, -0.05) is 84.9 Å². The molecule has 6 nitrogen and oxygen atoms in total. The van der Waals surface area contributed by atoms with Crippen molar-refractivity contribution < 1.29 is 19.1 Å². The van der Waals surface area contributed by atoms with Crippen LogP contribution in [0.2, 0.25) is 0 Å². The van der Waals surface area contributed by atoms with Crippen LogP contribution in [-0.2, 0) is 20.7 Å². The van der Waals surface area contributed by atoms with E-state index in [1.54, 1.807) is 7.11 Å². The number of carbonyl (C=O) groups is 2. The Bertz CT molecular complexity index is 1410. The number of benzene rings is 4. The van der Waals surface area contributed by atoms with E-state index in [1.807, 2.05) is 97.1 Å². The summed E-state index contributed by atoms with van der Waals surface area (Å²) in [4.78, 5) is 25.9. The molecule has 0 fully saturated rings. The Morgan fingerprint density at radius 3 is 2.39 bits per heavy atom. The Labute approximate surface area is 209 Å². The molecule has 0 aliphatic carbocycles. The van der Waals surface area contributed by atoms with Gasteiger partial charge in [0, 0.05) is 6.42 Å². The lowest BCUT2D eigenvalue weighted by Gasteiger charge is -2.22. The predicted octanol–water partition coefficient (Wildman–Crippen LogP) is 5.31. The van der Waals surface area contributed by atoms with Crippen molar-refractivity contribution in [1.82, 2.24) is 5.01 Å². The Kier molecular flexibility index (Phi) is 6.76. The molecule has 0 saturated heterocycles. The fourth-order valence-corrected chi connectivity index (χ4v) is 4.49. The van der Waals surface area contributed by atoms with E-state index in [1.165, 1.54) is 5.01 Å². The summed E-state index contributed by atoms with van der Waals surface area (Å²) in [6.45, 7) is -0.373. The smallest absolute Gasteiger partial charge is 0.310 e. The average Bonchev–Trinajstić information content (AvgIpc) is 3.38. The maximum atomic E-state index is 13.2. The summed E-state index contributed by atoms with van der Waals surface area (Å²) in [6.07, 6.45) is 0.654. The maximum absolute atomic E-state index is 13.2. The summed E-state index contributed by atoms with van der Waals surface area (Å²) >= 11 is 0. The van der Waals surface area contributed by atoms with Crippen molar-refractivity contribution >= 4 is 28.4 Å². The normalized spacial score (nSPS) is 15.0. The zero-order chi connectivity index (χ0) is 24.9. The van der Waals surface area contributed by atoms with Gasteiger partial charge in [0.1, 0.15) is 5.75 Å². The lowest BCUT2D eigenvalue weighted by atomic mass is 9.98. The van der Waals surface area contributed by atoms with Crippen LogP contribution in [0.3, 0.4) is 0 Å². The van der Waals surface area contributed by atoms with Crippen LogP contribution < -0.4 is 4.74 Å². The molecule has 4 aromatic rings. The topological polar surface area (TPSA) is 68.2 Å². The van der Waals surface area contributed by atoms with Crippen LogP contribution >= 0.6 is 0 Å². The van der Waals surface area contributed by atoms with E-state index in [0.29, 0.717) is 6.42 Å². The summed E-state index contributed by atoms with van der Waals surface area (Å²) in [6, 6.07) is 30.8. The minimum atomic E-state index is -0.452. The van der Waals surface area contributed by atoms with Crippen LogP contribution in [0.15, 0.2) is 102 Å². The summed E-state index contributed by atoms with van der Waals surface area (Å²) in [5.74, 6) is -0.0821. The Balaban J connectivity index is 1.31. The van der Waals surface area contributed by atoms with Gasteiger partial charge in [0.05, 0.1) is 25.3 Å². The highest BCUT2D eigenvalue weighted by atomic mass is 16.5. The average molecular weight is 479 g/mol. The molecule has 0 N–H and O–H groups in total. The van der Waals surface area contributed by atoms with Crippen LogP contribution in [0.4, 0.5) is 0 Å². The quantitative estimate of drug-likeness (QED) is 0.338. The highest BCUT2D eigenvalue weighted by Gasteiger charge is 2.33. The van der Waals surface area contributed by atoms with Gasteiger partial charge in [-0.15, -0.1) is 0 Å². The molecule has 1 heterocycles. The lowest BCUT2D eigenvalue weighted by molar-refractivity contribution is -0.152. The van der Waals surface area contributed by atoms with Gasteiger partial charge < -0.3 is 9.47 Å². The highest BCUT2D eigenvalue weighted by molar-refractivity contribution is 6.03. The number of methoxy groups -OCH3 is 1. The Morgan fingerprint density at radius 2 is 1.61 bits per heavy atom. The van der Waals surface area contributed by atoms with Gasteiger partial charge in [-0.2, -0.15) is 5.10 Å².